The average molecular weight is 279 g/mol. The molecule has 19 heavy (non-hydrogen) atoms. The first-order valence-electron chi connectivity index (χ1n) is 6.79. The Bertz CT molecular complexity index is 552. The molecular formula is C13H17N3O2S. The summed E-state index contributed by atoms with van der Waals surface area (Å²) in [6.45, 7) is 0. The largest absolute Gasteiger partial charge is 0.481 e. The van der Waals surface area contributed by atoms with Crippen molar-refractivity contribution in [2.24, 2.45) is 0 Å². The normalized spacial score (nSPS) is 17.1. The smallest absolute Gasteiger partial charge is 0.303 e. The van der Waals surface area contributed by atoms with Crippen LogP contribution in [0.5, 0.6) is 0 Å². The number of aryl methyl sites for hydroxylation is 1. The van der Waals surface area contributed by atoms with Crippen molar-refractivity contribution in [3.63, 3.8) is 0 Å². The highest BCUT2D eigenvalue weighted by atomic mass is 32.1. The molecule has 0 unspecified atom stereocenters. The minimum atomic E-state index is -0.785. The van der Waals surface area contributed by atoms with Crippen LogP contribution in [-0.2, 0) is 11.2 Å². The Morgan fingerprint density at radius 1 is 1.42 bits per heavy atom. The molecule has 0 amide bonds. The van der Waals surface area contributed by atoms with Gasteiger partial charge >= 0.3 is 5.97 Å². The molecule has 0 aromatic carbocycles. The zero-order valence-electron chi connectivity index (χ0n) is 10.7. The second-order valence-corrected chi connectivity index (χ2v) is 6.12. The van der Waals surface area contributed by atoms with E-state index in [1.807, 2.05) is 10.7 Å². The Labute approximate surface area is 115 Å². The highest BCUT2D eigenvalue weighted by molar-refractivity contribution is 7.16. The van der Waals surface area contributed by atoms with Crippen molar-refractivity contribution < 1.29 is 9.90 Å². The SMILES string of the molecule is O=C(O)CCc1cn2nc(C3CCCCC3)sc2n1. The fourth-order valence-electron chi connectivity index (χ4n) is 2.63. The Kier molecular flexibility index (Phi) is 3.50. The zero-order chi connectivity index (χ0) is 13.2. The molecular weight excluding hydrogens is 262 g/mol. The van der Waals surface area contributed by atoms with Crippen molar-refractivity contribution in [2.45, 2.75) is 50.9 Å². The lowest BCUT2D eigenvalue weighted by molar-refractivity contribution is -0.136. The second-order valence-electron chi connectivity index (χ2n) is 5.13. The number of fused-ring (bicyclic) bond motifs is 1. The lowest BCUT2D eigenvalue weighted by Crippen LogP contribution is -2.04. The van der Waals surface area contributed by atoms with Crippen molar-refractivity contribution in [1.82, 2.24) is 14.6 Å². The maximum atomic E-state index is 10.5. The van der Waals surface area contributed by atoms with Crippen LogP contribution in [0.4, 0.5) is 0 Å². The molecule has 1 fully saturated rings. The minimum Gasteiger partial charge on any atom is -0.481 e. The third-order valence-electron chi connectivity index (χ3n) is 3.66. The van der Waals surface area contributed by atoms with Gasteiger partial charge in [0.2, 0.25) is 4.96 Å². The molecule has 0 aliphatic heterocycles. The molecule has 1 aliphatic carbocycles. The number of hydrogen-bond donors (Lipinski definition) is 1. The zero-order valence-corrected chi connectivity index (χ0v) is 11.5. The van der Waals surface area contributed by atoms with Crippen molar-refractivity contribution in [1.29, 1.82) is 0 Å². The molecule has 1 aliphatic rings. The molecule has 2 heterocycles. The molecule has 102 valence electrons. The van der Waals surface area contributed by atoms with Gasteiger partial charge in [-0.3, -0.25) is 4.79 Å². The number of carbonyl (C=O) groups is 1. The number of aromatic nitrogens is 3. The summed E-state index contributed by atoms with van der Waals surface area (Å²) in [4.78, 5) is 15.9. The lowest BCUT2D eigenvalue weighted by Gasteiger charge is -2.18. The maximum absolute atomic E-state index is 10.5. The van der Waals surface area contributed by atoms with Gasteiger partial charge in [0.25, 0.3) is 0 Å². The van der Waals surface area contributed by atoms with E-state index in [1.54, 1.807) is 11.3 Å². The molecule has 0 atom stereocenters. The number of aliphatic carboxylic acids is 1. The predicted molar refractivity (Wildman–Crippen MR) is 72.6 cm³/mol. The van der Waals surface area contributed by atoms with Crippen LogP contribution in [0.25, 0.3) is 4.96 Å². The first-order chi connectivity index (χ1) is 9.22. The Morgan fingerprint density at radius 2 is 2.21 bits per heavy atom. The quantitative estimate of drug-likeness (QED) is 0.934. The molecule has 0 radical (unpaired) electrons. The molecule has 0 saturated heterocycles. The fraction of sp³-hybridized carbons (Fsp3) is 0.615. The Balaban J connectivity index is 1.75. The van der Waals surface area contributed by atoms with Crippen molar-refractivity contribution in [2.75, 3.05) is 0 Å². The highest BCUT2D eigenvalue weighted by Crippen LogP contribution is 2.34. The van der Waals surface area contributed by atoms with Crippen LogP contribution in [-0.4, -0.2) is 25.7 Å². The van der Waals surface area contributed by atoms with Crippen molar-refractivity contribution >= 4 is 22.3 Å². The standard InChI is InChI=1S/C13H17N3O2S/c17-11(18)7-6-10-8-16-13(14-10)19-12(15-16)9-4-2-1-3-5-9/h8-9H,1-7H2,(H,17,18). The van der Waals surface area contributed by atoms with Crippen LogP contribution in [0.3, 0.4) is 0 Å². The van der Waals surface area contributed by atoms with E-state index in [2.05, 4.69) is 10.1 Å². The summed E-state index contributed by atoms with van der Waals surface area (Å²) in [7, 11) is 0. The van der Waals surface area contributed by atoms with E-state index in [9.17, 15) is 4.79 Å². The molecule has 3 rings (SSSR count). The van der Waals surface area contributed by atoms with E-state index < -0.39 is 5.97 Å². The van der Waals surface area contributed by atoms with Crippen molar-refractivity contribution in [3.05, 3.63) is 16.9 Å². The van der Waals surface area contributed by atoms with Crippen LogP contribution in [0, 0.1) is 0 Å². The van der Waals surface area contributed by atoms with E-state index in [0.717, 1.165) is 10.7 Å². The van der Waals surface area contributed by atoms with E-state index in [-0.39, 0.29) is 6.42 Å². The Morgan fingerprint density at radius 3 is 2.89 bits per heavy atom. The molecule has 1 saturated carbocycles. The van der Waals surface area contributed by atoms with Crippen molar-refractivity contribution in [3.8, 4) is 0 Å². The first kappa shape index (κ1) is 12.6. The number of carboxylic acid groups (broad SMARTS) is 1. The van der Waals surface area contributed by atoms with Crippen LogP contribution in [0.1, 0.15) is 55.1 Å². The molecule has 2 aromatic rings. The first-order valence-corrected chi connectivity index (χ1v) is 7.61. The fourth-order valence-corrected chi connectivity index (χ4v) is 3.70. The lowest BCUT2D eigenvalue weighted by atomic mass is 9.90. The second kappa shape index (κ2) is 5.28. The summed E-state index contributed by atoms with van der Waals surface area (Å²) in [6, 6.07) is 0. The summed E-state index contributed by atoms with van der Waals surface area (Å²) in [5.74, 6) is -0.185. The molecule has 0 spiro atoms. The number of rotatable bonds is 4. The Hall–Kier alpha value is -1.43. The van der Waals surface area contributed by atoms with Gasteiger partial charge in [-0.25, -0.2) is 9.50 Å². The molecule has 5 nitrogen and oxygen atoms in total. The van der Waals surface area contributed by atoms with E-state index in [4.69, 9.17) is 5.11 Å². The predicted octanol–water partition coefficient (Wildman–Crippen LogP) is 2.86. The summed E-state index contributed by atoms with van der Waals surface area (Å²) >= 11 is 1.65. The van der Waals surface area contributed by atoms with E-state index in [0.29, 0.717) is 12.3 Å². The van der Waals surface area contributed by atoms with Crippen LogP contribution in [0.15, 0.2) is 6.20 Å². The van der Waals surface area contributed by atoms with Gasteiger partial charge in [0.15, 0.2) is 0 Å². The third-order valence-corrected chi connectivity index (χ3v) is 4.74. The van der Waals surface area contributed by atoms with Gasteiger partial charge in [0.1, 0.15) is 5.01 Å². The van der Waals surface area contributed by atoms with Gasteiger partial charge in [-0.2, -0.15) is 5.10 Å². The molecule has 6 heteroatoms. The monoisotopic (exact) mass is 279 g/mol. The third kappa shape index (κ3) is 2.78. The van der Waals surface area contributed by atoms with Crippen LogP contribution >= 0.6 is 11.3 Å². The van der Waals surface area contributed by atoms with Crippen LogP contribution in [0.2, 0.25) is 0 Å². The highest BCUT2D eigenvalue weighted by Gasteiger charge is 2.20. The van der Waals surface area contributed by atoms with Gasteiger partial charge < -0.3 is 5.11 Å². The van der Waals surface area contributed by atoms with Gasteiger partial charge in [-0.05, 0) is 12.8 Å². The van der Waals surface area contributed by atoms with Gasteiger partial charge in [-0.15, -0.1) is 0 Å². The molecule has 2 aromatic heterocycles. The number of hydrogen-bond acceptors (Lipinski definition) is 4. The van der Waals surface area contributed by atoms with Gasteiger partial charge in [0, 0.05) is 12.3 Å². The van der Waals surface area contributed by atoms with Gasteiger partial charge in [-0.1, -0.05) is 30.6 Å². The summed E-state index contributed by atoms with van der Waals surface area (Å²) in [5.41, 5.74) is 0.816. The van der Waals surface area contributed by atoms with E-state index >= 15 is 0 Å². The minimum absolute atomic E-state index is 0.125. The summed E-state index contributed by atoms with van der Waals surface area (Å²) < 4.78 is 1.81. The molecule has 1 N–H and O–H groups in total. The van der Waals surface area contributed by atoms with E-state index in [1.165, 1.54) is 37.1 Å². The summed E-state index contributed by atoms with van der Waals surface area (Å²) in [5, 5.41) is 14.5. The number of nitrogens with zero attached hydrogens (tertiary/aromatic N) is 3. The maximum Gasteiger partial charge on any atom is 0.303 e. The van der Waals surface area contributed by atoms with Gasteiger partial charge in [0.05, 0.1) is 18.3 Å². The average Bonchev–Trinajstić information content (AvgIpc) is 2.95. The number of carboxylic acids is 1. The summed E-state index contributed by atoms with van der Waals surface area (Å²) in [6.07, 6.45) is 8.89. The topological polar surface area (TPSA) is 67.5 Å². The van der Waals surface area contributed by atoms with Crippen LogP contribution < -0.4 is 0 Å². The molecule has 0 bridgehead atoms. The number of imidazole rings is 1.